The first-order valence-electron chi connectivity index (χ1n) is 6.32. The van der Waals surface area contributed by atoms with E-state index in [4.69, 9.17) is 5.73 Å². The van der Waals surface area contributed by atoms with E-state index >= 15 is 0 Å². The van der Waals surface area contributed by atoms with Crippen LogP contribution in [0.25, 0.3) is 0 Å². The molecule has 0 saturated carbocycles. The average molecular weight is 217 g/mol. The molecule has 16 heavy (non-hydrogen) atoms. The Morgan fingerprint density at radius 2 is 2.12 bits per heavy atom. The van der Waals surface area contributed by atoms with E-state index in [2.05, 4.69) is 39.0 Å². The molecule has 0 bridgehead atoms. The highest BCUT2D eigenvalue weighted by molar-refractivity contribution is 5.39. The van der Waals surface area contributed by atoms with Gasteiger partial charge in [0.25, 0.3) is 0 Å². The molecule has 0 heterocycles. The lowest BCUT2D eigenvalue weighted by atomic mass is 9.67. The molecule has 1 unspecified atom stereocenters. The average Bonchev–Trinajstić information content (AvgIpc) is 2.19. The van der Waals surface area contributed by atoms with Crippen LogP contribution in [0.1, 0.15) is 49.3 Å². The van der Waals surface area contributed by atoms with Crippen molar-refractivity contribution in [1.82, 2.24) is 0 Å². The molecule has 2 N–H and O–H groups in total. The lowest BCUT2D eigenvalue weighted by Gasteiger charge is -2.38. The normalized spacial score (nSPS) is 22.9. The van der Waals surface area contributed by atoms with Gasteiger partial charge >= 0.3 is 0 Å². The Labute approximate surface area is 99.0 Å². The lowest BCUT2D eigenvalue weighted by Crippen LogP contribution is -2.27. The molecule has 0 amide bonds. The summed E-state index contributed by atoms with van der Waals surface area (Å²) in [6.45, 7) is 7.80. The molecule has 0 aliphatic heterocycles. The van der Waals surface area contributed by atoms with Gasteiger partial charge in [-0.2, -0.15) is 0 Å². The van der Waals surface area contributed by atoms with Crippen LogP contribution in [-0.4, -0.2) is 6.54 Å². The summed E-state index contributed by atoms with van der Waals surface area (Å²) in [5.41, 5.74) is 10.8. The molecule has 1 aliphatic carbocycles. The summed E-state index contributed by atoms with van der Waals surface area (Å²) >= 11 is 0. The largest absolute Gasteiger partial charge is 0.330 e. The summed E-state index contributed by atoms with van der Waals surface area (Å²) in [4.78, 5) is 0. The first-order valence-corrected chi connectivity index (χ1v) is 6.32. The Kier molecular flexibility index (Phi) is 3.07. The molecule has 0 spiro atoms. The minimum absolute atomic E-state index is 0.430. The molecule has 1 atom stereocenters. The van der Waals surface area contributed by atoms with Gasteiger partial charge in [0, 0.05) is 0 Å². The Morgan fingerprint density at radius 3 is 2.81 bits per heavy atom. The summed E-state index contributed by atoms with van der Waals surface area (Å²) in [6.07, 6.45) is 3.62. The van der Waals surface area contributed by atoms with E-state index < -0.39 is 0 Å². The quantitative estimate of drug-likeness (QED) is 0.807. The van der Waals surface area contributed by atoms with Gasteiger partial charge in [-0.25, -0.2) is 0 Å². The van der Waals surface area contributed by atoms with Crippen molar-refractivity contribution in [2.75, 3.05) is 6.54 Å². The number of rotatable bonds is 2. The predicted octanol–water partition coefficient (Wildman–Crippen LogP) is 3.40. The van der Waals surface area contributed by atoms with Crippen molar-refractivity contribution in [3.05, 3.63) is 34.9 Å². The van der Waals surface area contributed by atoms with Crippen molar-refractivity contribution in [2.45, 2.75) is 46.0 Å². The Balaban J connectivity index is 2.42. The predicted molar refractivity (Wildman–Crippen MR) is 69.7 cm³/mol. The number of hydrogen-bond donors (Lipinski definition) is 1. The van der Waals surface area contributed by atoms with E-state index in [1.807, 2.05) is 0 Å². The molecule has 0 radical (unpaired) electrons. The van der Waals surface area contributed by atoms with Gasteiger partial charge in [0.2, 0.25) is 0 Å². The Bertz CT molecular complexity index is 379. The van der Waals surface area contributed by atoms with Crippen molar-refractivity contribution in [3.8, 4) is 0 Å². The molecule has 88 valence electrons. The SMILES string of the molecule is Cc1cccc2c1CC(C)(C)CC2CCN. The van der Waals surface area contributed by atoms with Crippen molar-refractivity contribution in [2.24, 2.45) is 11.1 Å². The van der Waals surface area contributed by atoms with Crippen molar-refractivity contribution in [3.63, 3.8) is 0 Å². The van der Waals surface area contributed by atoms with Crippen molar-refractivity contribution < 1.29 is 0 Å². The highest BCUT2D eigenvalue weighted by Gasteiger charge is 2.32. The molecule has 0 saturated heterocycles. The minimum Gasteiger partial charge on any atom is -0.330 e. The number of hydrogen-bond acceptors (Lipinski definition) is 1. The van der Waals surface area contributed by atoms with E-state index in [0.29, 0.717) is 11.3 Å². The van der Waals surface area contributed by atoms with Crippen molar-refractivity contribution >= 4 is 0 Å². The molecule has 0 fully saturated rings. The molecule has 1 aliphatic rings. The van der Waals surface area contributed by atoms with Crippen LogP contribution in [0.3, 0.4) is 0 Å². The first-order chi connectivity index (χ1) is 7.53. The lowest BCUT2D eigenvalue weighted by molar-refractivity contribution is 0.274. The molecular formula is C15H23N. The van der Waals surface area contributed by atoms with Crippen LogP contribution in [0.4, 0.5) is 0 Å². The first kappa shape index (κ1) is 11.7. The summed E-state index contributed by atoms with van der Waals surface area (Å²) < 4.78 is 0. The standard InChI is InChI=1S/C15H23N/c1-11-5-4-6-13-12(7-8-16)9-15(2,3)10-14(11)13/h4-6,12H,7-10,16H2,1-3H3. The summed E-state index contributed by atoms with van der Waals surface area (Å²) in [5.74, 6) is 0.670. The topological polar surface area (TPSA) is 26.0 Å². The number of nitrogens with two attached hydrogens (primary N) is 1. The van der Waals surface area contributed by atoms with Gasteiger partial charge in [-0.3, -0.25) is 0 Å². The van der Waals surface area contributed by atoms with Gasteiger partial charge in [-0.05, 0) is 60.8 Å². The van der Waals surface area contributed by atoms with Crippen LogP contribution in [0.5, 0.6) is 0 Å². The smallest absolute Gasteiger partial charge is 0.00714 e. The van der Waals surface area contributed by atoms with Gasteiger partial charge in [0.15, 0.2) is 0 Å². The highest BCUT2D eigenvalue weighted by atomic mass is 14.5. The molecular weight excluding hydrogens is 194 g/mol. The molecule has 1 nitrogen and oxygen atoms in total. The molecule has 1 aromatic rings. The second-order valence-corrected chi connectivity index (χ2v) is 5.96. The zero-order chi connectivity index (χ0) is 11.8. The number of fused-ring (bicyclic) bond motifs is 1. The monoisotopic (exact) mass is 217 g/mol. The fraction of sp³-hybridized carbons (Fsp3) is 0.600. The van der Waals surface area contributed by atoms with Crippen LogP contribution in [0.2, 0.25) is 0 Å². The van der Waals surface area contributed by atoms with Gasteiger partial charge in [0.05, 0.1) is 0 Å². The fourth-order valence-corrected chi connectivity index (χ4v) is 3.14. The van der Waals surface area contributed by atoms with E-state index in [1.54, 1.807) is 11.1 Å². The minimum atomic E-state index is 0.430. The molecule has 0 aromatic heterocycles. The van der Waals surface area contributed by atoms with Gasteiger partial charge < -0.3 is 5.73 Å². The van der Waals surface area contributed by atoms with E-state index in [0.717, 1.165) is 13.0 Å². The molecule has 2 rings (SSSR count). The highest BCUT2D eigenvalue weighted by Crippen LogP contribution is 2.44. The Hall–Kier alpha value is -0.820. The van der Waals surface area contributed by atoms with Crippen LogP contribution in [0.15, 0.2) is 18.2 Å². The van der Waals surface area contributed by atoms with E-state index in [-0.39, 0.29) is 0 Å². The summed E-state index contributed by atoms with van der Waals surface area (Å²) in [6, 6.07) is 6.73. The van der Waals surface area contributed by atoms with Crippen molar-refractivity contribution in [1.29, 1.82) is 0 Å². The zero-order valence-corrected chi connectivity index (χ0v) is 10.7. The molecule has 1 aromatic carbocycles. The van der Waals surface area contributed by atoms with E-state index in [1.165, 1.54) is 18.4 Å². The van der Waals surface area contributed by atoms with Gasteiger partial charge in [-0.15, -0.1) is 0 Å². The van der Waals surface area contributed by atoms with Crippen LogP contribution < -0.4 is 5.73 Å². The van der Waals surface area contributed by atoms with E-state index in [9.17, 15) is 0 Å². The zero-order valence-electron chi connectivity index (χ0n) is 10.7. The van der Waals surface area contributed by atoms with Crippen LogP contribution in [-0.2, 0) is 6.42 Å². The third kappa shape index (κ3) is 2.15. The fourth-order valence-electron chi connectivity index (χ4n) is 3.14. The second kappa shape index (κ2) is 4.21. The summed E-state index contributed by atoms with van der Waals surface area (Å²) in [5, 5.41) is 0. The number of aryl methyl sites for hydroxylation is 1. The van der Waals surface area contributed by atoms with Gasteiger partial charge in [-0.1, -0.05) is 32.0 Å². The maximum absolute atomic E-state index is 5.74. The van der Waals surface area contributed by atoms with Crippen LogP contribution >= 0.6 is 0 Å². The van der Waals surface area contributed by atoms with Crippen LogP contribution in [0, 0.1) is 12.3 Å². The third-order valence-corrected chi connectivity index (χ3v) is 3.86. The Morgan fingerprint density at radius 1 is 1.38 bits per heavy atom. The number of benzene rings is 1. The second-order valence-electron chi connectivity index (χ2n) is 5.96. The molecule has 1 heteroatoms. The maximum Gasteiger partial charge on any atom is -0.00714 e. The van der Waals surface area contributed by atoms with Gasteiger partial charge in [0.1, 0.15) is 0 Å². The third-order valence-electron chi connectivity index (χ3n) is 3.86. The summed E-state index contributed by atoms with van der Waals surface area (Å²) in [7, 11) is 0. The maximum atomic E-state index is 5.74.